The van der Waals surface area contributed by atoms with Crippen molar-refractivity contribution in [2.24, 2.45) is 5.92 Å². The zero-order chi connectivity index (χ0) is 20.2. The quantitative estimate of drug-likeness (QED) is 0.347. The number of unbranched alkanes of at least 4 members (excludes halogenated alkanes) is 2. The SMILES string of the molecule is CCCOC(=O)c1cnc(OCCCCCC(C)CC)nc1-c1ccccc1. The van der Waals surface area contributed by atoms with Crippen molar-refractivity contribution in [3.63, 3.8) is 0 Å². The first kappa shape index (κ1) is 21.9. The smallest absolute Gasteiger partial charge is 0.341 e. The van der Waals surface area contributed by atoms with Crippen molar-refractivity contribution in [2.75, 3.05) is 13.2 Å². The summed E-state index contributed by atoms with van der Waals surface area (Å²) in [6, 6.07) is 9.88. The van der Waals surface area contributed by atoms with Gasteiger partial charge in [0.1, 0.15) is 5.56 Å². The molecule has 152 valence electrons. The molecule has 1 heterocycles. The van der Waals surface area contributed by atoms with E-state index in [-0.39, 0.29) is 0 Å². The largest absolute Gasteiger partial charge is 0.463 e. The van der Waals surface area contributed by atoms with Gasteiger partial charge in [0.25, 0.3) is 0 Å². The highest BCUT2D eigenvalue weighted by atomic mass is 16.5. The number of carbonyl (C=O) groups excluding carboxylic acids is 1. The molecule has 0 aliphatic carbocycles. The predicted octanol–water partition coefficient (Wildman–Crippen LogP) is 5.70. The fraction of sp³-hybridized carbons (Fsp3) is 0.522. The molecular formula is C23H32N2O3. The van der Waals surface area contributed by atoms with Crippen molar-refractivity contribution < 1.29 is 14.3 Å². The third-order valence-corrected chi connectivity index (χ3v) is 4.74. The first-order valence-corrected chi connectivity index (χ1v) is 10.4. The molecule has 2 rings (SSSR count). The monoisotopic (exact) mass is 384 g/mol. The van der Waals surface area contributed by atoms with Gasteiger partial charge in [-0.25, -0.2) is 9.78 Å². The van der Waals surface area contributed by atoms with Crippen LogP contribution in [-0.4, -0.2) is 29.2 Å². The summed E-state index contributed by atoms with van der Waals surface area (Å²) in [6.07, 6.45) is 8.10. The van der Waals surface area contributed by atoms with Gasteiger partial charge in [-0.3, -0.25) is 0 Å². The van der Waals surface area contributed by atoms with Crippen molar-refractivity contribution in [1.82, 2.24) is 9.97 Å². The van der Waals surface area contributed by atoms with E-state index in [0.29, 0.717) is 30.5 Å². The maximum Gasteiger partial charge on any atom is 0.341 e. The average molecular weight is 385 g/mol. The molecule has 28 heavy (non-hydrogen) atoms. The van der Waals surface area contributed by atoms with E-state index < -0.39 is 5.97 Å². The summed E-state index contributed by atoms with van der Waals surface area (Å²) < 4.78 is 11.0. The summed E-state index contributed by atoms with van der Waals surface area (Å²) in [5.41, 5.74) is 1.75. The van der Waals surface area contributed by atoms with Gasteiger partial charge < -0.3 is 9.47 Å². The van der Waals surface area contributed by atoms with Crippen LogP contribution in [0.5, 0.6) is 6.01 Å². The van der Waals surface area contributed by atoms with Crippen LogP contribution in [0.2, 0.25) is 0 Å². The number of aromatic nitrogens is 2. The molecule has 0 aliphatic heterocycles. The van der Waals surface area contributed by atoms with Crippen LogP contribution in [0, 0.1) is 5.92 Å². The van der Waals surface area contributed by atoms with E-state index >= 15 is 0 Å². The zero-order valence-corrected chi connectivity index (χ0v) is 17.3. The average Bonchev–Trinajstić information content (AvgIpc) is 2.74. The third kappa shape index (κ3) is 6.95. The van der Waals surface area contributed by atoms with Gasteiger partial charge in [-0.05, 0) is 18.8 Å². The highest BCUT2D eigenvalue weighted by Gasteiger charge is 2.18. The van der Waals surface area contributed by atoms with Gasteiger partial charge in [0.05, 0.1) is 18.9 Å². The van der Waals surface area contributed by atoms with Crippen molar-refractivity contribution in [2.45, 2.75) is 59.3 Å². The van der Waals surface area contributed by atoms with E-state index in [1.54, 1.807) is 0 Å². The summed E-state index contributed by atoms with van der Waals surface area (Å²) in [6.45, 7) is 7.44. The number of nitrogens with zero attached hydrogens (tertiary/aromatic N) is 2. The molecule has 2 aromatic rings. The summed E-state index contributed by atoms with van der Waals surface area (Å²) in [7, 11) is 0. The lowest BCUT2D eigenvalue weighted by molar-refractivity contribution is 0.0505. The third-order valence-electron chi connectivity index (χ3n) is 4.74. The predicted molar refractivity (Wildman–Crippen MR) is 111 cm³/mol. The number of benzene rings is 1. The zero-order valence-electron chi connectivity index (χ0n) is 17.3. The van der Waals surface area contributed by atoms with Gasteiger partial charge >= 0.3 is 12.0 Å². The Balaban J connectivity index is 2.01. The Labute approximate surface area is 168 Å². The second kappa shape index (κ2) is 12.1. The van der Waals surface area contributed by atoms with Crippen molar-refractivity contribution in [3.05, 3.63) is 42.1 Å². The molecule has 0 bridgehead atoms. The molecule has 1 unspecified atom stereocenters. The molecule has 1 aromatic carbocycles. The molecule has 1 aromatic heterocycles. The Morgan fingerprint density at radius 3 is 2.57 bits per heavy atom. The van der Waals surface area contributed by atoms with Crippen LogP contribution in [0.25, 0.3) is 11.3 Å². The molecule has 0 amide bonds. The lowest BCUT2D eigenvalue weighted by Gasteiger charge is -2.11. The molecule has 0 aliphatic rings. The second-order valence-corrected chi connectivity index (χ2v) is 7.13. The lowest BCUT2D eigenvalue weighted by Crippen LogP contribution is -2.11. The molecule has 0 fully saturated rings. The number of hydrogen-bond acceptors (Lipinski definition) is 5. The molecule has 5 nitrogen and oxygen atoms in total. The number of ether oxygens (including phenoxy) is 2. The number of carbonyl (C=O) groups is 1. The summed E-state index contributed by atoms with van der Waals surface area (Å²) >= 11 is 0. The van der Waals surface area contributed by atoms with E-state index in [1.807, 2.05) is 37.3 Å². The van der Waals surface area contributed by atoms with Gasteiger partial charge in [-0.2, -0.15) is 4.98 Å². The Morgan fingerprint density at radius 1 is 1.07 bits per heavy atom. The maximum absolute atomic E-state index is 12.4. The van der Waals surface area contributed by atoms with E-state index in [1.165, 1.54) is 25.5 Å². The Bertz CT molecular complexity index is 719. The van der Waals surface area contributed by atoms with Gasteiger partial charge in [0.2, 0.25) is 0 Å². The van der Waals surface area contributed by atoms with Crippen LogP contribution in [0.4, 0.5) is 0 Å². The number of hydrogen-bond donors (Lipinski definition) is 0. The van der Waals surface area contributed by atoms with Gasteiger partial charge in [0.15, 0.2) is 0 Å². The topological polar surface area (TPSA) is 61.3 Å². The summed E-state index contributed by atoms with van der Waals surface area (Å²) in [4.78, 5) is 21.1. The Kier molecular flexibility index (Phi) is 9.46. The van der Waals surface area contributed by atoms with Crippen LogP contribution >= 0.6 is 0 Å². The van der Waals surface area contributed by atoms with Crippen LogP contribution in [0.1, 0.15) is 69.7 Å². The molecule has 0 saturated heterocycles. The van der Waals surface area contributed by atoms with E-state index in [4.69, 9.17) is 9.47 Å². The summed E-state index contributed by atoms with van der Waals surface area (Å²) in [5, 5.41) is 0. The molecular weight excluding hydrogens is 352 g/mol. The molecule has 0 saturated carbocycles. The van der Waals surface area contributed by atoms with Crippen molar-refractivity contribution in [3.8, 4) is 17.3 Å². The van der Waals surface area contributed by atoms with Crippen LogP contribution in [-0.2, 0) is 4.74 Å². The van der Waals surface area contributed by atoms with E-state index in [9.17, 15) is 4.79 Å². The van der Waals surface area contributed by atoms with Crippen molar-refractivity contribution in [1.29, 1.82) is 0 Å². The standard InChI is InChI=1S/C23H32N2O3/c1-4-15-27-22(26)20-17-24-23(25-21(20)19-13-9-6-10-14-19)28-16-11-7-8-12-18(3)5-2/h6,9-10,13-14,17-18H,4-5,7-8,11-12,15-16H2,1-3H3. The minimum atomic E-state index is -0.405. The fourth-order valence-corrected chi connectivity index (χ4v) is 2.81. The highest BCUT2D eigenvalue weighted by molar-refractivity contribution is 5.95. The molecule has 0 radical (unpaired) electrons. The van der Waals surface area contributed by atoms with Crippen LogP contribution < -0.4 is 4.74 Å². The van der Waals surface area contributed by atoms with E-state index in [2.05, 4.69) is 23.8 Å². The van der Waals surface area contributed by atoms with Gasteiger partial charge in [-0.15, -0.1) is 0 Å². The first-order chi connectivity index (χ1) is 13.7. The number of esters is 1. The fourth-order valence-electron chi connectivity index (χ4n) is 2.81. The maximum atomic E-state index is 12.4. The Hall–Kier alpha value is -2.43. The summed E-state index contributed by atoms with van der Waals surface area (Å²) in [5.74, 6) is 0.384. The highest BCUT2D eigenvalue weighted by Crippen LogP contribution is 2.24. The molecule has 5 heteroatoms. The van der Waals surface area contributed by atoms with Crippen LogP contribution in [0.3, 0.4) is 0 Å². The molecule has 1 atom stereocenters. The first-order valence-electron chi connectivity index (χ1n) is 10.4. The van der Waals surface area contributed by atoms with Crippen molar-refractivity contribution >= 4 is 5.97 Å². The second-order valence-electron chi connectivity index (χ2n) is 7.13. The minimum absolute atomic E-state index is 0.299. The van der Waals surface area contributed by atoms with Crippen LogP contribution in [0.15, 0.2) is 36.5 Å². The molecule has 0 N–H and O–H groups in total. The molecule has 0 spiro atoms. The van der Waals surface area contributed by atoms with Gasteiger partial charge in [-0.1, -0.05) is 76.8 Å². The normalized spacial score (nSPS) is 11.8. The number of rotatable bonds is 12. The minimum Gasteiger partial charge on any atom is -0.463 e. The van der Waals surface area contributed by atoms with E-state index in [0.717, 1.165) is 30.7 Å². The van der Waals surface area contributed by atoms with Gasteiger partial charge in [0, 0.05) is 11.8 Å². The Morgan fingerprint density at radius 2 is 1.86 bits per heavy atom. The lowest BCUT2D eigenvalue weighted by atomic mass is 10.0.